The van der Waals surface area contributed by atoms with Crippen molar-refractivity contribution >= 4 is 29.9 Å². The van der Waals surface area contributed by atoms with E-state index in [2.05, 4.69) is 5.32 Å². The fraction of sp³-hybridized carbons (Fsp3) is 0.533. The van der Waals surface area contributed by atoms with Gasteiger partial charge in [-0.2, -0.15) is 0 Å². The Morgan fingerprint density at radius 3 is 2.40 bits per heavy atom. The summed E-state index contributed by atoms with van der Waals surface area (Å²) in [7, 11) is 0. The van der Waals surface area contributed by atoms with Crippen molar-refractivity contribution in [2.75, 3.05) is 6.54 Å². The number of halogens is 2. The maximum absolute atomic E-state index is 12.1. The zero-order chi connectivity index (χ0) is 13.7. The molecule has 1 aromatic rings. The number of amides is 1. The Morgan fingerprint density at radius 1 is 1.20 bits per heavy atom. The molecule has 0 atom stereocenters. The Kier molecular flexibility index (Phi) is 6.80. The number of carbonyl (C=O) groups excluding carboxylic acids is 1. The van der Waals surface area contributed by atoms with E-state index in [1.54, 1.807) is 0 Å². The van der Waals surface area contributed by atoms with Gasteiger partial charge in [0.1, 0.15) is 0 Å². The van der Waals surface area contributed by atoms with Crippen LogP contribution in [0.25, 0.3) is 0 Å². The van der Waals surface area contributed by atoms with E-state index in [1.807, 2.05) is 24.3 Å². The normalized spacial score (nSPS) is 17.1. The van der Waals surface area contributed by atoms with E-state index in [0.29, 0.717) is 6.54 Å². The van der Waals surface area contributed by atoms with Gasteiger partial charge in [-0.05, 0) is 37.0 Å². The molecule has 0 aliphatic heterocycles. The van der Waals surface area contributed by atoms with Crippen LogP contribution in [0.15, 0.2) is 24.3 Å². The second kappa shape index (κ2) is 7.87. The molecule has 112 valence electrons. The third kappa shape index (κ3) is 4.65. The van der Waals surface area contributed by atoms with E-state index >= 15 is 0 Å². The minimum atomic E-state index is -0.641. The monoisotopic (exact) mass is 316 g/mol. The molecule has 5 heteroatoms. The third-order valence-electron chi connectivity index (χ3n) is 3.81. The van der Waals surface area contributed by atoms with Crippen molar-refractivity contribution in [1.29, 1.82) is 0 Å². The molecule has 0 heterocycles. The molecule has 0 saturated heterocycles. The Morgan fingerprint density at radius 2 is 1.80 bits per heavy atom. The van der Waals surface area contributed by atoms with Gasteiger partial charge in [-0.25, -0.2) is 0 Å². The molecule has 0 bridgehead atoms. The summed E-state index contributed by atoms with van der Waals surface area (Å²) in [5.41, 5.74) is 6.70. The Hall–Kier alpha value is -0.770. The van der Waals surface area contributed by atoms with E-state index in [4.69, 9.17) is 17.3 Å². The zero-order valence-electron chi connectivity index (χ0n) is 11.5. The number of rotatable bonds is 4. The second-order valence-electron chi connectivity index (χ2n) is 5.35. The zero-order valence-corrected chi connectivity index (χ0v) is 13.1. The quantitative estimate of drug-likeness (QED) is 0.896. The average Bonchev–Trinajstić information content (AvgIpc) is 2.42. The van der Waals surface area contributed by atoms with Gasteiger partial charge in [-0.3, -0.25) is 4.79 Å². The number of benzene rings is 1. The Balaban J connectivity index is 0.00000200. The van der Waals surface area contributed by atoms with Gasteiger partial charge in [-0.1, -0.05) is 43.0 Å². The maximum Gasteiger partial charge on any atom is 0.240 e. The molecular formula is C15H22Cl2N2O. The first-order chi connectivity index (χ1) is 9.10. The number of nitrogens with two attached hydrogens (primary N) is 1. The van der Waals surface area contributed by atoms with Crippen LogP contribution in [0.4, 0.5) is 0 Å². The SMILES string of the molecule is Cl.NC1(C(=O)NCCc2ccc(Cl)cc2)CCCCC1. The lowest BCUT2D eigenvalue weighted by Gasteiger charge is -2.31. The van der Waals surface area contributed by atoms with Gasteiger partial charge < -0.3 is 11.1 Å². The number of nitrogens with one attached hydrogen (secondary N) is 1. The molecule has 0 aromatic heterocycles. The minimum absolute atomic E-state index is 0. The standard InChI is InChI=1S/C15H21ClN2O.ClH/c16-13-6-4-12(5-7-13)8-11-18-14(19)15(17)9-2-1-3-10-15;/h4-7H,1-3,8-11,17H2,(H,18,19);1H. The summed E-state index contributed by atoms with van der Waals surface area (Å²) in [5, 5.41) is 3.69. The van der Waals surface area contributed by atoms with Crippen molar-refractivity contribution in [2.24, 2.45) is 5.73 Å². The lowest BCUT2D eigenvalue weighted by atomic mass is 9.82. The van der Waals surface area contributed by atoms with Crippen LogP contribution in [0, 0.1) is 0 Å². The molecule has 1 saturated carbocycles. The molecule has 3 nitrogen and oxygen atoms in total. The van der Waals surface area contributed by atoms with Gasteiger partial charge in [0.25, 0.3) is 0 Å². The molecule has 0 unspecified atom stereocenters. The summed E-state index contributed by atoms with van der Waals surface area (Å²) in [4.78, 5) is 12.1. The van der Waals surface area contributed by atoms with Gasteiger partial charge in [0.2, 0.25) is 5.91 Å². The Labute approximate surface area is 131 Å². The van der Waals surface area contributed by atoms with Crippen LogP contribution in [0.3, 0.4) is 0 Å². The number of hydrogen-bond acceptors (Lipinski definition) is 2. The molecule has 0 radical (unpaired) electrons. The predicted octanol–water partition coefficient (Wildman–Crippen LogP) is 3.08. The molecule has 1 aromatic carbocycles. The van der Waals surface area contributed by atoms with Crippen molar-refractivity contribution < 1.29 is 4.79 Å². The van der Waals surface area contributed by atoms with Crippen molar-refractivity contribution in [3.8, 4) is 0 Å². The van der Waals surface area contributed by atoms with E-state index in [1.165, 1.54) is 12.0 Å². The first kappa shape index (κ1) is 17.3. The van der Waals surface area contributed by atoms with Crippen LogP contribution in [0.2, 0.25) is 5.02 Å². The highest BCUT2D eigenvalue weighted by Gasteiger charge is 2.34. The summed E-state index contributed by atoms with van der Waals surface area (Å²) in [6.45, 7) is 0.624. The summed E-state index contributed by atoms with van der Waals surface area (Å²) in [6, 6.07) is 7.69. The summed E-state index contributed by atoms with van der Waals surface area (Å²) < 4.78 is 0. The lowest BCUT2D eigenvalue weighted by molar-refractivity contribution is -0.127. The number of carbonyl (C=O) groups is 1. The van der Waals surface area contributed by atoms with Crippen LogP contribution in [-0.4, -0.2) is 18.0 Å². The van der Waals surface area contributed by atoms with Gasteiger partial charge in [0, 0.05) is 11.6 Å². The summed E-state index contributed by atoms with van der Waals surface area (Å²) in [6.07, 6.45) is 5.72. The van der Waals surface area contributed by atoms with Crippen LogP contribution in [-0.2, 0) is 11.2 Å². The van der Waals surface area contributed by atoms with Crippen LogP contribution in [0.5, 0.6) is 0 Å². The molecule has 20 heavy (non-hydrogen) atoms. The molecule has 1 fully saturated rings. The fourth-order valence-corrected chi connectivity index (χ4v) is 2.68. The average molecular weight is 317 g/mol. The van der Waals surface area contributed by atoms with Gasteiger partial charge in [-0.15, -0.1) is 12.4 Å². The minimum Gasteiger partial charge on any atom is -0.354 e. The summed E-state index contributed by atoms with van der Waals surface area (Å²) >= 11 is 5.83. The molecule has 1 amide bonds. The molecule has 1 aliphatic carbocycles. The highest BCUT2D eigenvalue weighted by molar-refractivity contribution is 6.30. The van der Waals surface area contributed by atoms with Gasteiger partial charge in [0.05, 0.1) is 5.54 Å². The van der Waals surface area contributed by atoms with E-state index < -0.39 is 5.54 Å². The van der Waals surface area contributed by atoms with Gasteiger partial charge >= 0.3 is 0 Å². The maximum atomic E-state index is 12.1. The van der Waals surface area contributed by atoms with Crippen molar-refractivity contribution in [3.63, 3.8) is 0 Å². The highest BCUT2D eigenvalue weighted by atomic mass is 35.5. The van der Waals surface area contributed by atoms with Crippen molar-refractivity contribution in [3.05, 3.63) is 34.9 Å². The van der Waals surface area contributed by atoms with E-state index in [0.717, 1.165) is 37.1 Å². The number of hydrogen-bond donors (Lipinski definition) is 2. The molecule has 3 N–H and O–H groups in total. The van der Waals surface area contributed by atoms with Crippen molar-refractivity contribution in [2.45, 2.75) is 44.1 Å². The lowest BCUT2D eigenvalue weighted by Crippen LogP contribution is -2.55. The first-order valence-corrected chi connectivity index (χ1v) is 7.30. The van der Waals surface area contributed by atoms with Crippen LogP contribution >= 0.6 is 24.0 Å². The molecule has 1 aliphatic rings. The van der Waals surface area contributed by atoms with Crippen LogP contribution < -0.4 is 11.1 Å². The largest absolute Gasteiger partial charge is 0.354 e. The predicted molar refractivity (Wildman–Crippen MR) is 85.4 cm³/mol. The molecule has 0 spiro atoms. The molecular weight excluding hydrogens is 295 g/mol. The molecule has 2 rings (SSSR count). The van der Waals surface area contributed by atoms with Gasteiger partial charge in [0.15, 0.2) is 0 Å². The fourth-order valence-electron chi connectivity index (χ4n) is 2.56. The Bertz CT molecular complexity index is 428. The van der Waals surface area contributed by atoms with E-state index in [-0.39, 0.29) is 18.3 Å². The topological polar surface area (TPSA) is 55.1 Å². The highest BCUT2D eigenvalue weighted by Crippen LogP contribution is 2.25. The smallest absolute Gasteiger partial charge is 0.240 e. The van der Waals surface area contributed by atoms with Crippen LogP contribution in [0.1, 0.15) is 37.7 Å². The van der Waals surface area contributed by atoms with Crippen molar-refractivity contribution in [1.82, 2.24) is 5.32 Å². The first-order valence-electron chi connectivity index (χ1n) is 6.92. The van der Waals surface area contributed by atoms with E-state index in [9.17, 15) is 4.79 Å². The second-order valence-corrected chi connectivity index (χ2v) is 5.79. The summed E-state index contributed by atoms with van der Waals surface area (Å²) in [5.74, 6) is 0.00108. The third-order valence-corrected chi connectivity index (χ3v) is 4.06.